The Morgan fingerprint density at radius 3 is 2.71 bits per heavy atom. The van der Waals surface area contributed by atoms with E-state index in [9.17, 15) is 18.3 Å². The van der Waals surface area contributed by atoms with E-state index < -0.39 is 33.7 Å². The van der Waals surface area contributed by atoms with Crippen LogP contribution in [-0.2, 0) is 26.6 Å². The van der Waals surface area contributed by atoms with Crippen LogP contribution >= 0.6 is 0 Å². The Hall–Kier alpha value is -2.71. The molecule has 2 fully saturated rings. The van der Waals surface area contributed by atoms with Gasteiger partial charge < -0.3 is 9.84 Å². The highest BCUT2D eigenvalue weighted by atomic mass is 32.2. The van der Waals surface area contributed by atoms with Gasteiger partial charge in [0.05, 0.1) is 10.5 Å². The first-order chi connectivity index (χ1) is 16.5. The fourth-order valence-corrected chi connectivity index (χ4v) is 7.62. The molecule has 0 bridgehead atoms. The predicted molar refractivity (Wildman–Crippen MR) is 129 cm³/mol. The molecule has 0 spiro atoms. The third-order valence-electron chi connectivity index (χ3n) is 8.85. The zero-order valence-corrected chi connectivity index (χ0v) is 20.4. The third-order valence-corrected chi connectivity index (χ3v) is 9.76. The van der Waals surface area contributed by atoms with Crippen molar-refractivity contribution in [3.8, 4) is 5.75 Å². The van der Waals surface area contributed by atoms with E-state index in [2.05, 4.69) is 6.58 Å². The number of phenols is 1. The Bertz CT molecular complexity index is 1310. The number of nitrogens with two attached hydrogens (primary N) is 1. The number of aromatic hydroxyl groups is 1. The molecule has 0 aromatic heterocycles. The molecule has 6 nitrogen and oxygen atoms in total. The van der Waals surface area contributed by atoms with Gasteiger partial charge in [0.15, 0.2) is 0 Å². The molecule has 0 heterocycles. The summed E-state index contributed by atoms with van der Waals surface area (Å²) < 4.78 is 44.9. The molecule has 6 atom stereocenters. The van der Waals surface area contributed by atoms with Crippen molar-refractivity contribution < 1.29 is 27.4 Å². The fourth-order valence-electron chi connectivity index (χ4n) is 7.06. The molecule has 0 saturated heterocycles. The summed E-state index contributed by atoms with van der Waals surface area (Å²) in [6.45, 7) is 6.13. The van der Waals surface area contributed by atoms with Crippen LogP contribution in [0, 0.1) is 17.3 Å². The maximum Gasteiger partial charge on any atom is 0.338 e. The topological polar surface area (TPSA) is 107 Å². The van der Waals surface area contributed by atoms with E-state index in [1.807, 2.05) is 25.1 Å². The molecular formula is C27H30FNO5S. The lowest BCUT2D eigenvalue weighted by Crippen LogP contribution is -2.51. The van der Waals surface area contributed by atoms with Gasteiger partial charge in [0.1, 0.15) is 18.0 Å². The average molecular weight is 500 g/mol. The highest BCUT2D eigenvalue weighted by Crippen LogP contribution is 2.64. The van der Waals surface area contributed by atoms with Gasteiger partial charge in [-0.15, -0.1) is 6.58 Å². The summed E-state index contributed by atoms with van der Waals surface area (Å²) in [5, 5.41) is 15.2. The standard InChI is InChI=1S/C27H30FNO5S/c1-3-27-12-11-26(2)22(21(27)9-7-16-13-18(30)8-10-20(16)27)15-23(24(26)28)34-25(31)17-5-4-6-19(14-17)35(29,32)33/h3-6,8,10,13-14,21-24,30H,1,7,9,11-12,15H2,2H3,(H2,29,32,33)/t21-,22-,23+,24-,26-,27+/m0/s1. The van der Waals surface area contributed by atoms with Crippen molar-refractivity contribution in [2.75, 3.05) is 0 Å². The molecule has 0 amide bonds. The van der Waals surface area contributed by atoms with Gasteiger partial charge in [-0.1, -0.05) is 25.1 Å². The summed E-state index contributed by atoms with van der Waals surface area (Å²) in [4.78, 5) is 12.7. The van der Waals surface area contributed by atoms with E-state index in [1.165, 1.54) is 18.2 Å². The Morgan fingerprint density at radius 1 is 1.23 bits per heavy atom. The smallest absolute Gasteiger partial charge is 0.338 e. The lowest BCUT2D eigenvalue weighted by atomic mass is 9.48. The average Bonchev–Trinajstić information content (AvgIpc) is 3.08. The number of benzene rings is 2. The number of aryl methyl sites for hydroxylation is 1. The minimum atomic E-state index is -3.98. The predicted octanol–water partition coefficient (Wildman–Crippen LogP) is 4.41. The molecule has 186 valence electrons. The quantitative estimate of drug-likeness (QED) is 0.479. The lowest BCUT2D eigenvalue weighted by Gasteiger charge is -2.55. The maximum absolute atomic E-state index is 15.9. The summed E-state index contributed by atoms with van der Waals surface area (Å²) in [6, 6.07) is 10.8. The van der Waals surface area contributed by atoms with Crippen molar-refractivity contribution in [3.63, 3.8) is 0 Å². The van der Waals surface area contributed by atoms with Crippen molar-refractivity contribution in [1.29, 1.82) is 0 Å². The molecule has 0 unspecified atom stereocenters. The van der Waals surface area contributed by atoms with Gasteiger partial charge in [-0.2, -0.15) is 0 Å². The van der Waals surface area contributed by atoms with Crippen molar-refractivity contribution >= 4 is 16.0 Å². The van der Waals surface area contributed by atoms with Crippen LogP contribution in [-0.4, -0.2) is 31.8 Å². The van der Waals surface area contributed by atoms with Crippen molar-refractivity contribution in [3.05, 3.63) is 71.8 Å². The minimum absolute atomic E-state index is 0.0141. The van der Waals surface area contributed by atoms with Crippen LogP contribution in [0.15, 0.2) is 60.0 Å². The highest BCUT2D eigenvalue weighted by Gasteiger charge is 2.63. The molecule has 35 heavy (non-hydrogen) atoms. The summed E-state index contributed by atoms with van der Waals surface area (Å²) in [6.07, 6.45) is 3.13. The number of sulfonamides is 1. The normalized spacial score (nSPS) is 33.8. The first-order valence-electron chi connectivity index (χ1n) is 11.9. The largest absolute Gasteiger partial charge is 0.508 e. The van der Waals surface area contributed by atoms with Gasteiger partial charge >= 0.3 is 5.97 Å². The number of carbonyl (C=O) groups is 1. The Labute approximate surface area is 205 Å². The van der Waals surface area contributed by atoms with Crippen LogP contribution in [0.1, 0.15) is 54.1 Å². The van der Waals surface area contributed by atoms with Gasteiger partial charge in [0, 0.05) is 10.8 Å². The minimum Gasteiger partial charge on any atom is -0.508 e. The number of primary sulfonamides is 1. The Balaban J connectivity index is 1.43. The van der Waals surface area contributed by atoms with E-state index in [4.69, 9.17) is 9.88 Å². The van der Waals surface area contributed by atoms with Gasteiger partial charge in [-0.05, 0) is 85.4 Å². The number of rotatable bonds is 4. The molecular weight excluding hydrogens is 469 g/mol. The first kappa shape index (κ1) is 24.0. The van der Waals surface area contributed by atoms with Gasteiger partial charge in [0.2, 0.25) is 10.0 Å². The van der Waals surface area contributed by atoms with E-state index >= 15 is 4.39 Å². The zero-order chi connectivity index (χ0) is 25.2. The monoisotopic (exact) mass is 499 g/mol. The van der Waals surface area contributed by atoms with Gasteiger partial charge in [-0.25, -0.2) is 22.7 Å². The van der Waals surface area contributed by atoms with E-state index in [0.717, 1.165) is 36.5 Å². The molecule has 0 aliphatic heterocycles. The van der Waals surface area contributed by atoms with Gasteiger partial charge in [0.25, 0.3) is 0 Å². The molecule has 2 aromatic carbocycles. The van der Waals surface area contributed by atoms with Crippen molar-refractivity contribution in [2.45, 2.75) is 61.6 Å². The molecule has 2 aromatic rings. The number of halogens is 1. The lowest BCUT2D eigenvalue weighted by molar-refractivity contribution is -0.0272. The Kier molecular flexibility index (Phi) is 5.60. The third kappa shape index (κ3) is 3.69. The van der Waals surface area contributed by atoms with Gasteiger partial charge in [-0.3, -0.25) is 0 Å². The van der Waals surface area contributed by atoms with Crippen molar-refractivity contribution in [2.24, 2.45) is 22.4 Å². The molecule has 3 aliphatic carbocycles. The second kappa shape index (κ2) is 8.17. The van der Waals surface area contributed by atoms with Crippen LogP contribution in [0.2, 0.25) is 0 Å². The molecule has 8 heteroatoms. The maximum atomic E-state index is 15.9. The number of hydrogen-bond acceptors (Lipinski definition) is 5. The second-order valence-corrected chi connectivity index (χ2v) is 12.1. The van der Waals surface area contributed by atoms with Crippen LogP contribution < -0.4 is 5.14 Å². The molecule has 0 radical (unpaired) electrons. The van der Waals surface area contributed by atoms with E-state index in [1.54, 1.807) is 6.07 Å². The SMILES string of the molecule is C=C[C@]12CC[C@]3(C)[C@@H](F)[C@H](OC(=O)c4cccc(S(N)(=O)=O)c4)C[C@H]3[C@@H]1CCc1cc(O)ccc12. The number of esters is 1. The van der Waals surface area contributed by atoms with Crippen LogP contribution in [0.25, 0.3) is 0 Å². The van der Waals surface area contributed by atoms with Crippen LogP contribution in [0.5, 0.6) is 5.75 Å². The highest BCUT2D eigenvalue weighted by molar-refractivity contribution is 7.89. The molecule has 3 N–H and O–H groups in total. The van der Waals surface area contributed by atoms with Crippen molar-refractivity contribution in [1.82, 2.24) is 0 Å². The summed E-state index contributed by atoms with van der Waals surface area (Å²) in [5.74, 6) is -0.390. The number of ether oxygens (including phenoxy) is 1. The van der Waals surface area contributed by atoms with E-state index in [-0.39, 0.29) is 33.5 Å². The summed E-state index contributed by atoms with van der Waals surface area (Å²) >= 11 is 0. The number of fused-ring (bicyclic) bond motifs is 5. The number of carbonyl (C=O) groups excluding carboxylic acids is 1. The molecule has 3 aliphatic rings. The first-order valence-corrected chi connectivity index (χ1v) is 13.5. The summed E-state index contributed by atoms with van der Waals surface area (Å²) in [5.41, 5.74) is 1.33. The fraction of sp³-hybridized carbons (Fsp3) is 0.444. The number of phenolic OH excluding ortho intramolecular Hbond substituents is 1. The zero-order valence-electron chi connectivity index (χ0n) is 19.6. The van der Waals surface area contributed by atoms with Crippen LogP contribution in [0.4, 0.5) is 4.39 Å². The molecule has 5 rings (SSSR count). The van der Waals surface area contributed by atoms with E-state index in [0.29, 0.717) is 12.8 Å². The number of hydrogen-bond donors (Lipinski definition) is 2. The number of alkyl halides is 1. The summed E-state index contributed by atoms with van der Waals surface area (Å²) in [7, 11) is -3.98. The molecule has 2 saturated carbocycles. The van der Waals surface area contributed by atoms with Crippen LogP contribution in [0.3, 0.4) is 0 Å². The Morgan fingerprint density at radius 2 is 2.00 bits per heavy atom. The number of allylic oxidation sites excluding steroid dienone is 1. The second-order valence-electron chi connectivity index (χ2n) is 10.5.